The molecule has 3 aromatic rings. The van der Waals surface area contributed by atoms with E-state index in [0.717, 1.165) is 5.69 Å². The zero-order valence-electron chi connectivity index (χ0n) is 13.9. The van der Waals surface area contributed by atoms with Gasteiger partial charge in [-0.3, -0.25) is 9.59 Å². The van der Waals surface area contributed by atoms with Crippen LogP contribution in [0.1, 0.15) is 27.6 Å². The summed E-state index contributed by atoms with van der Waals surface area (Å²) in [5.41, 5.74) is 2.07. The molecule has 0 aliphatic carbocycles. The third-order valence-corrected chi connectivity index (χ3v) is 4.04. The largest absolute Gasteiger partial charge is 0.454 e. The quantitative estimate of drug-likeness (QED) is 0.732. The van der Waals surface area contributed by atoms with Crippen molar-refractivity contribution in [2.45, 2.75) is 6.92 Å². The van der Waals surface area contributed by atoms with Crippen LogP contribution in [0.3, 0.4) is 0 Å². The van der Waals surface area contributed by atoms with Gasteiger partial charge in [-0.25, -0.2) is 4.68 Å². The minimum absolute atomic E-state index is 0.0962. The number of nitrogens with zero attached hydrogens (tertiary/aromatic N) is 2. The van der Waals surface area contributed by atoms with Crippen LogP contribution in [-0.4, -0.2) is 28.3 Å². The van der Waals surface area contributed by atoms with Crippen molar-refractivity contribution in [3.63, 3.8) is 0 Å². The second-order valence-electron chi connectivity index (χ2n) is 5.76. The molecule has 0 unspecified atom stereocenters. The molecule has 0 bridgehead atoms. The lowest BCUT2D eigenvalue weighted by atomic mass is 10.1. The Hall–Kier alpha value is -3.61. The zero-order chi connectivity index (χ0) is 18.1. The van der Waals surface area contributed by atoms with E-state index in [0.29, 0.717) is 28.3 Å². The molecule has 4 rings (SSSR count). The van der Waals surface area contributed by atoms with Crippen LogP contribution in [0, 0.1) is 0 Å². The Kier molecular flexibility index (Phi) is 3.89. The third kappa shape index (κ3) is 2.90. The van der Waals surface area contributed by atoms with Gasteiger partial charge in [0.15, 0.2) is 17.3 Å². The minimum atomic E-state index is -0.321. The molecule has 1 amide bonds. The molecule has 26 heavy (non-hydrogen) atoms. The average molecular weight is 349 g/mol. The number of aromatic nitrogens is 2. The second-order valence-corrected chi connectivity index (χ2v) is 5.76. The molecule has 1 aliphatic heterocycles. The van der Waals surface area contributed by atoms with Crippen LogP contribution in [0.2, 0.25) is 0 Å². The maximum Gasteiger partial charge on any atom is 0.255 e. The summed E-state index contributed by atoms with van der Waals surface area (Å²) in [5, 5.41) is 6.92. The first kappa shape index (κ1) is 15.9. The number of hydrogen-bond acceptors (Lipinski definition) is 5. The van der Waals surface area contributed by atoms with Crippen molar-refractivity contribution in [1.82, 2.24) is 9.78 Å². The molecule has 0 atom stereocenters. The summed E-state index contributed by atoms with van der Waals surface area (Å²) in [6.07, 6.45) is 3.50. The fourth-order valence-electron chi connectivity index (χ4n) is 2.72. The van der Waals surface area contributed by atoms with Gasteiger partial charge < -0.3 is 14.8 Å². The first-order chi connectivity index (χ1) is 12.6. The van der Waals surface area contributed by atoms with Gasteiger partial charge in [0.1, 0.15) is 0 Å². The fourth-order valence-corrected chi connectivity index (χ4v) is 2.72. The van der Waals surface area contributed by atoms with E-state index in [-0.39, 0.29) is 18.5 Å². The summed E-state index contributed by atoms with van der Waals surface area (Å²) < 4.78 is 12.3. The molecule has 7 nitrogen and oxygen atoms in total. The molecule has 0 fully saturated rings. The topological polar surface area (TPSA) is 82.5 Å². The second kappa shape index (κ2) is 6.36. The van der Waals surface area contributed by atoms with E-state index < -0.39 is 0 Å². The standard InChI is InChI=1S/C19H15N3O4/c1-12(23)15-9-17-18(26-11-25-17)10-16(15)21-19(24)13-3-5-14(6-4-13)22-8-2-7-20-22/h2-10H,11H2,1H3,(H,21,24). The molecular formula is C19H15N3O4. The smallest absolute Gasteiger partial charge is 0.255 e. The van der Waals surface area contributed by atoms with Crippen molar-refractivity contribution >= 4 is 17.4 Å². The van der Waals surface area contributed by atoms with E-state index >= 15 is 0 Å². The highest BCUT2D eigenvalue weighted by molar-refractivity contribution is 6.09. The van der Waals surface area contributed by atoms with Crippen molar-refractivity contribution in [2.75, 3.05) is 12.1 Å². The number of ketones is 1. The number of amides is 1. The molecule has 130 valence electrons. The number of hydrogen-bond donors (Lipinski definition) is 1. The van der Waals surface area contributed by atoms with Gasteiger partial charge in [0.2, 0.25) is 6.79 Å². The van der Waals surface area contributed by atoms with Crippen molar-refractivity contribution in [2.24, 2.45) is 0 Å². The van der Waals surface area contributed by atoms with Gasteiger partial charge in [0, 0.05) is 29.6 Å². The van der Waals surface area contributed by atoms with E-state index in [4.69, 9.17) is 9.47 Å². The predicted octanol–water partition coefficient (Wildman–Crippen LogP) is 3.06. The Morgan fingerprint density at radius 1 is 1.12 bits per heavy atom. The van der Waals surface area contributed by atoms with Crippen LogP contribution in [0.5, 0.6) is 11.5 Å². The molecule has 0 spiro atoms. The van der Waals surface area contributed by atoms with Gasteiger partial charge in [-0.15, -0.1) is 0 Å². The van der Waals surface area contributed by atoms with Crippen LogP contribution >= 0.6 is 0 Å². The Labute approximate surface area is 149 Å². The number of fused-ring (bicyclic) bond motifs is 1. The van der Waals surface area contributed by atoms with Crippen molar-refractivity contribution in [1.29, 1.82) is 0 Å². The summed E-state index contributed by atoms with van der Waals surface area (Å²) in [7, 11) is 0. The average Bonchev–Trinajstić information content (AvgIpc) is 3.32. The highest BCUT2D eigenvalue weighted by Crippen LogP contribution is 2.37. The number of rotatable bonds is 4. The monoisotopic (exact) mass is 349 g/mol. The molecule has 0 radical (unpaired) electrons. The summed E-state index contributed by atoms with van der Waals surface area (Å²) >= 11 is 0. The first-order valence-corrected chi connectivity index (χ1v) is 7.98. The van der Waals surface area contributed by atoms with Crippen LogP contribution in [0.4, 0.5) is 5.69 Å². The molecular weight excluding hydrogens is 334 g/mol. The number of nitrogens with one attached hydrogen (secondary N) is 1. The number of carbonyl (C=O) groups excluding carboxylic acids is 2. The van der Waals surface area contributed by atoms with Crippen LogP contribution in [0.15, 0.2) is 54.9 Å². The van der Waals surface area contributed by atoms with Gasteiger partial charge >= 0.3 is 0 Å². The first-order valence-electron chi connectivity index (χ1n) is 7.98. The lowest BCUT2D eigenvalue weighted by Gasteiger charge is -2.11. The lowest BCUT2D eigenvalue weighted by molar-refractivity contribution is 0.101. The summed E-state index contributed by atoms with van der Waals surface area (Å²) in [5.74, 6) is 0.502. The molecule has 0 saturated carbocycles. The highest BCUT2D eigenvalue weighted by Gasteiger charge is 2.20. The lowest BCUT2D eigenvalue weighted by Crippen LogP contribution is -2.14. The van der Waals surface area contributed by atoms with Gasteiger partial charge in [0.05, 0.1) is 11.4 Å². The summed E-state index contributed by atoms with van der Waals surface area (Å²) in [6.45, 7) is 1.53. The maximum absolute atomic E-state index is 12.6. The van der Waals surface area contributed by atoms with E-state index in [9.17, 15) is 9.59 Å². The maximum atomic E-state index is 12.6. The number of benzene rings is 2. The molecule has 1 N–H and O–H groups in total. The number of Topliss-reactive ketones (excluding diaryl/α,β-unsaturated/α-hetero) is 1. The molecule has 0 saturated heterocycles. The SMILES string of the molecule is CC(=O)c1cc2c(cc1NC(=O)c1ccc(-n3cccn3)cc1)OCO2. The number of ether oxygens (including phenoxy) is 2. The molecule has 7 heteroatoms. The highest BCUT2D eigenvalue weighted by atomic mass is 16.7. The number of anilines is 1. The molecule has 2 aromatic carbocycles. The minimum Gasteiger partial charge on any atom is -0.454 e. The molecule has 1 aromatic heterocycles. The zero-order valence-corrected chi connectivity index (χ0v) is 13.9. The van der Waals surface area contributed by atoms with Crippen molar-refractivity contribution < 1.29 is 19.1 Å². The number of carbonyl (C=O) groups is 2. The molecule has 2 heterocycles. The van der Waals surface area contributed by atoms with E-state index in [1.54, 1.807) is 47.3 Å². The predicted molar refractivity (Wildman–Crippen MR) is 94.1 cm³/mol. The van der Waals surface area contributed by atoms with Crippen molar-refractivity contribution in [3.05, 3.63) is 66.0 Å². The summed E-state index contributed by atoms with van der Waals surface area (Å²) in [6, 6.07) is 12.0. The Morgan fingerprint density at radius 2 is 1.85 bits per heavy atom. The van der Waals surface area contributed by atoms with Gasteiger partial charge in [-0.1, -0.05) is 0 Å². The van der Waals surface area contributed by atoms with E-state index in [2.05, 4.69) is 10.4 Å². The summed E-state index contributed by atoms with van der Waals surface area (Å²) in [4.78, 5) is 24.5. The van der Waals surface area contributed by atoms with Crippen LogP contribution < -0.4 is 14.8 Å². The Bertz CT molecular complexity index is 979. The normalized spacial score (nSPS) is 12.0. The van der Waals surface area contributed by atoms with Crippen LogP contribution in [0.25, 0.3) is 5.69 Å². The van der Waals surface area contributed by atoms with E-state index in [1.165, 1.54) is 6.92 Å². The van der Waals surface area contributed by atoms with Crippen LogP contribution in [-0.2, 0) is 0 Å². The van der Waals surface area contributed by atoms with Crippen molar-refractivity contribution in [3.8, 4) is 17.2 Å². The molecule has 1 aliphatic rings. The van der Waals surface area contributed by atoms with Gasteiger partial charge in [-0.05, 0) is 43.3 Å². The van der Waals surface area contributed by atoms with Gasteiger partial charge in [-0.2, -0.15) is 5.10 Å². The Balaban J connectivity index is 1.59. The Morgan fingerprint density at radius 3 is 2.50 bits per heavy atom. The van der Waals surface area contributed by atoms with Gasteiger partial charge in [0.25, 0.3) is 5.91 Å². The van der Waals surface area contributed by atoms with E-state index in [1.807, 2.05) is 12.3 Å². The fraction of sp³-hybridized carbons (Fsp3) is 0.105. The third-order valence-electron chi connectivity index (χ3n) is 4.04.